The van der Waals surface area contributed by atoms with Crippen LogP contribution < -0.4 is 4.90 Å². The van der Waals surface area contributed by atoms with Crippen molar-refractivity contribution in [2.45, 2.75) is 44.9 Å². The van der Waals surface area contributed by atoms with Gasteiger partial charge in [0, 0.05) is 37.3 Å². The molecule has 0 atom stereocenters. The second-order valence-corrected chi connectivity index (χ2v) is 10.4. The van der Waals surface area contributed by atoms with Crippen LogP contribution in [-0.4, -0.2) is 72.8 Å². The first-order valence-corrected chi connectivity index (χ1v) is 14.1. The number of carbonyl (C=O) groups is 2. The Balaban J connectivity index is 3.15. The fourth-order valence-corrected chi connectivity index (χ4v) is 4.29. The highest BCUT2D eigenvalue weighted by atomic mass is 79.9. The Kier molecular flexibility index (Phi) is 13.7. The Morgan fingerprint density at radius 3 is 2.17 bits per heavy atom. The van der Waals surface area contributed by atoms with Crippen LogP contribution in [0.4, 0.5) is 17.1 Å². The Hall–Kier alpha value is -2.49. The maximum absolute atomic E-state index is 13.1. The van der Waals surface area contributed by atoms with Crippen LogP contribution in [-0.2, 0) is 19.1 Å². The summed E-state index contributed by atoms with van der Waals surface area (Å²) in [5, 5.41) is 32.2. The third-order valence-corrected chi connectivity index (χ3v) is 6.10. The standard InChI is InChI=1S/C21H30BrN3O10S/c1-36(33,34)35-12-11-23(10-9-22)21-18(13-16(24(29)30)14-19(21)25(31)32)20(28)8-6-4-2-3-5-7-17(27)15-26/h13-14,26H,2-12,15H2,1H3. The molecule has 1 aromatic carbocycles. The van der Waals surface area contributed by atoms with Gasteiger partial charge >= 0.3 is 0 Å². The molecule has 1 N–H and O–H groups in total. The van der Waals surface area contributed by atoms with E-state index in [4.69, 9.17) is 9.29 Å². The summed E-state index contributed by atoms with van der Waals surface area (Å²) in [4.78, 5) is 47.2. The molecule has 13 nitrogen and oxygen atoms in total. The number of ketones is 2. The molecule has 0 aliphatic rings. The van der Waals surface area contributed by atoms with E-state index in [0.717, 1.165) is 31.2 Å². The van der Waals surface area contributed by atoms with Gasteiger partial charge in [0.25, 0.3) is 21.5 Å². The molecule has 15 heteroatoms. The second-order valence-electron chi connectivity index (χ2n) is 7.97. The predicted molar refractivity (Wildman–Crippen MR) is 135 cm³/mol. The number of carbonyl (C=O) groups excluding carboxylic acids is 2. The maximum atomic E-state index is 13.1. The van der Waals surface area contributed by atoms with Crippen LogP contribution in [0.3, 0.4) is 0 Å². The molecule has 0 spiro atoms. The molecule has 0 saturated carbocycles. The number of nitro groups is 2. The number of anilines is 1. The minimum atomic E-state index is -3.78. The molecule has 0 heterocycles. The average molecular weight is 596 g/mol. The number of nitrogens with zero attached hydrogens (tertiary/aromatic N) is 3. The number of nitro benzene ring substituents is 2. The minimum absolute atomic E-state index is 0.0110. The molecular formula is C21H30BrN3O10S. The van der Waals surface area contributed by atoms with Crippen molar-refractivity contribution in [3.63, 3.8) is 0 Å². The fraction of sp³-hybridized carbons (Fsp3) is 0.619. The Morgan fingerprint density at radius 1 is 1.03 bits per heavy atom. The summed E-state index contributed by atoms with van der Waals surface area (Å²) in [5.74, 6) is -0.754. The van der Waals surface area contributed by atoms with E-state index in [-0.39, 0.29) is 49.6 Å². The Morgan fingerprint density at radius 2 is 1.64 bits per heavy atom. The van der Waals surface area contributed by atoms with Crippen LogP contribution >= 0.6 is 15.9 Å². The summed E-state index contributed by atoms with van der Waals surface area (Å²) < 4.78 is 27.4. The van der Waals surface area contributed by atoms with Gasteiger partial charge in [-0.05, 0) is 12.8 Å². The van der Waals surface area contributed by atoms with Gasteiger partial charge in [-0.3, -0.25) is 34.0 Å². The molecule has 1 rings (SSSR count). The van der Waals surface area contributed by atoms with Crippen LogP contribution in [0.25, 0.3) is 0 Å². The van der Waals surface area contributed by atoms with Gasteiger partial charge in [0.15, 0.2) is 11.6 Å². The number of hydrogen-bond acceptors (Lipinski definition) is 11. The zero-order chi connectivity index (χ0) is 27.3. The van der Waals surface area contributed by atoms with Gasteiger partial charge in [0.2, 0.25) is 0 Å². The number of Topliss-reactive ketones (excluding diaryl/α,β-unsaturated/α-hetero) is 2. The molecule has 0 radical (unpaired) electrons. The summed E-state index contributed by atoms with van der Waals surface area (Å²) in [7, 11) is -3.78. The number of hydrogen-bond donors (Lipinski definition) is 1. The van der Waals surface area contributed by atoms with Crippen molar-refractivity contribution in [3.05, 3.63) is 37.9 Å². The first-order chi connectivity index (χ1) is 16.9. The van der Waals surface area contributed by atoms with Crippen molar-refractivity contribution in [1.82, 2.24) is 0 Å². The van der Waals surface area contributed by atoms with Crippen molar-refractivity contribution in [2.24, 2.45) is 0 Å². The predicted octanol–water partition coefficient (Wildman–Crippen LogP) is 3.16. The van der Waals surface area contributed by atoms with E-state index < -0.39 is 43.7 Å². The molecule has 0 aromatic heterocycles. The Bertz CT molecular complexity index is 1050. The van der Waals surface area contributed by atoms with Crippen LogP contribution in [0, 0.1) is 20.2 Å². The number of halogens is 1. The fourth-order valence-electron chi connectivity index (χ4n) is 3.48. The van der Waals surface area contributed by atoms with Gasteiger partial charge in [0.1, 0.15) is 12.3 Å². The molecule has 0 fully saturated rings. The summed E-state index contributed by atoms with van der Waals surface area (Å²) in [5.41, 5.74) is -1.56. The van der Waals surface area contributed by atoms with Crippen molar-refractivity contribution in [2.75, 3.05) is 42.8 Å². The van der Waals surface area contributed by atoms with Gasteiger partial charge in [-0.1, -0.05) is 35.2 Å². The zero-order valence-corrected chi connectivity index (χ0v) is 22.3. The van der Waals surface area contributed by atoms with Crippen molar-refractivity contribution in [3.8, 4) is 0 Å². The van der Waals surface area contributed by atoms with E-state index >= 15 is 0 Å². The van der Waals surface area contributed by atoms with Crippen molar-refractivity contribution in [1.29, 1.82) is 0 Å². The van der Waals surface area contributed by atoms with Crippen LogP contribution in [0.1, 0.15) is 55.3 Å². The van der Waals surface area contributed by atoms with Crippen LogP contribution in [0.5, 0.6) is 0 Å². The normalized spacial score (nSPS) is 11.3. The minimum Gasteiger partial charge on any atom is -0.389 e. The molecule has 0 aliphatic carbocycles. The van der Waals surface area contributed by atoms with Gasteiger partial charge < -0.3 is 10.0 Å². The molecule has 202 valence electrons. The van der Waals surface area contributed by atoms with E-state index in [1.807, 2.05) is 0 Å². The lowest BCUT2D eigenvalue weighted by molar-refractivity contribution is -0.393. The summed E-state index contributed by atoms with van der Waals surface area (Å²) in [6.45, 7) is -0.812. The van der Waals surface area contributed by atoms with Gasteiger partial charge in [-0.25, -0.2) is 0 Å². The first kappa shape index (κ1) is 31.5. The number of aliphatic hydroxyl groups is 1. The number of rotatable bonds is 19. The molecule has 0 bridgehead atoms. The van der Waals surface area contributed by atoms with Crippen molar-refractivity contribution >= 4 is 54.7 Å². The van der Waals surface area contributed by atoms with Gasteiger partial charge in [-0.2, -0.15) is 8.42 Å². The van der Waals surface area contributed by atoms with E-state index in [1.54, 1.807) is 0 Å². The highest BCUT2D eigenvalue weighted by molar-refractivity contribution is 9.09. The lowest BCUT2D eigenvalue weighted by Gasteiger charge is -2.25. The molecule has 36 heavy (non-hydrogen) atoms. The molecule has 0 aliphatic heterocycles. The van der Waals surface area contributed by atoms with Crippen molar-refractivity contribution < 1.29 is 37.1 Å². The summed E-state index contributed by atoms with van der Waals surface area (Å²) in [6.07, 6.45) is 4.27. The molecule has 0 unspecified atom stereocenters. The van der Waals surface area contributed by atoms with Crippen LogP contribution in [0.15, 0.2) is 12.1 Å². The largest absolute Gasteiger partial charge is 0.389 e. The monoisotopic (exact) mass is 595 g/mol. The van der Waals surface area contributed by atoms with E-state index in [2.05, 4.69) is 15.9 Å². The summed E-state index contributed by atoms with van der Waals surface area (Å²) in [6, 6.07) is 1.78. The van der Waals surface area contributed by atoms with E-state index in [0.29, 0.717) is 24.6 Å². The lowest BCUT2D eigenvalue weighted by atomic mass is 9.99. The maximum Gasteiger partial charge on any atom is 0.300 e. The van der Waals surface area contributed by atoms with E-state index in [9.17, 15) is 38.2 Å². The quantitative estimate of drug-likeness (QED) is 0.0617. The smallest absolute Gasteiger partial charge is 0.300 e. The highest BCUT2D eigenvalue weighted by Crippen LogP contribution is 2.37. The average Bonchev–Trinajstić information content (AvgIpc) is 2.80. The number of alkyl halides is 1. The zero-order valence-electron chi connectivity index (χ0n) is 19.9. The number of unbranched alkanes of at least 4 members (excludes halogenated alkanes) is 4. The lowest BCUT2D eigenvalue weighted by Crippen LogP contribution is -2.32. The molecule has 1 aromatic rings. The van der Waals surface area contributed by atoms with E-state index in [1.165, 1.54) is 4.90 Å². The molecule has 0 saturated heterocycles. The third-order valence-electron chi connectivity index (χ3n) is 5.15. The number of aliphatic hydroxyl groups excluding tert-OH is 1. The summed E-state index contributed by atoms with van der Waals surface area (Å²) >= 11 is 3.23. The topological polar surface area (TPSA) is 187 Å². The highest BCUT2D eigenvalue weighted by Gasteiger charge is 2.30. The second kappa shape index (κ2) is 15.6. The molecular weight excluding hydrogens is 566 g/mol. The molecule has 0 amide bonds. The number of non-ortho nitro benzene ring substituents is 1. The number of benzene rings is 1. The SMILES string of the molecule is CS(=O)(=O)OCCN(CCBr)c1c(C(=O)CCCCCCCC(=O)CO)cc([N+](=O)[O-])cc1[N+](=O)[O-]. The van der Waals surface area contributed by atoms with Gasteiger partial charge in [-0.15, -0.1) is 0 Å². The first-order valence-electron chi connectivity index (χ1n) is 11.2. The Labute approximate surface area is 217 Å². The van der Waals surface area contributed by atoms with Gasteiger partial charge in [0.05, 0.1) is 34.3 Å². The third kappa shape index (κ3) is 11.1. The van der Waals surface area contributed by atoms with Crippen LogP contribution in [0.2, 0.25) is 0 Å².